The Hall–Kier alpha value is -3.94. The summed E-state index contributed by atoms with van der Waals surface area (Å²) in [5.41, 5.74) is 0.0435. The van der Waals surface area contributed by atoms with E-state index in [4.69, 9.17) is 28.1 Å². The van der Waals surface area contributed by atoms with Crippen LogP contribution in [0.4, 0.5) is 0 Å². The number of fused-ring (bicyclic) bond motifs is 6. The Morgan fingerprint density at radius 2 is 1.60 bits per heavy atom. The third-order valence-corrected chi connectivity index (χ3v) is 5.22. The largest absolute Gasteiger partial charge is 0.493 e. The van der Waals surface area contributed by atoms with Gasteiger partial charge in [-0.25, -0.2) is 9.59 Å². The average Bonchev–Trinajstić information content (AvgIpc) is 3.23. The van der Waals surface area contributed by atoms with Crippen LogP contribution in [0.15, 0.2) is 39.5 Å². The smallest absolute Gasteiger partial charge is 0.348 e. The predicted molar refractivity (Wildman–Crippen MR) is 108 cm³/mol. The molecule has 0 N–H and O–H groups in total. The van der Waals surface area contributed by atoms with Crippen molar-refractivity contribution in [3.05, 3.63) is 46.3 Å². The molecule has 0 spiro atoms. The molecule has 0 bridgehead atoms. The van der Waals surface area contributed by atoms with Crippen molar-refractivity contribution >= 4 is 38.5 Å². The van der Waals surface area contributed by atoms with Crippen LogP contribution in [0.3, 0.4) is 0 Å². The maximum atomic E-state index is 12.9. The molecule has 5 rings (SSSR count). The number of carbonyl (C=O) groups is 1. The Bertz CT molecular complexity index is 1420. The maximum absolute atomic E-state index is 12.9. The molecule has 8 nitrogen and oxygen atoms in total. The molecule has 1 aliphatic heterocycles. The predicted octanol–water partition coefficient (Wildman–Crippen LogP) is 3.63. The molecule has 0 atom stereocenters. The lowest BCUT2D eigenvalue weighted by Gasteiger charge is -2.13. The SMILES string of the molecule is COC(=O)c1cc2c3ccc(OC)c(OC)c3c(=O)oc2c2cc3c(cc12)OCO3. The van der Waals surface area contributed by atoms with Gasteiger partial charge in [-0.15, -0.1) is 0 Å². The number of ether oxygens (including phenoxy) is 5. The molecule has 0 fully saturated rings. The minimum absolute atomic E-state index is 0.0705. The summed E-state index contributed by atoms with van der Waals surface area (Å²) >= 11 is 0. The molecule has 0 unspecified atom stereocenters. The van der Waals surface area contributed by atoms with Crippen molar-refractivity contribution in [1.82, 2.24) is 0 Å². The zero-order chi connectivity index (χ0) is 21.0. The minimum atomic E-state index is -0.585. The van der Waals surface area contributed by atoms with Crippen molar-refractivity contribution in [1.29, 1.82) is 0 Å². The summed E-state index contributed by atoms with van der Waals surface area (Å²) in [5.74, 6) is 1.13. The fourth-order valence-electron chi connectivity index (χ4n) is 3.87. The molecule has 0 aliphatic carbocycles. The summed E-state index contributed by atoms with van der Waals surface area (Å²) in [7, 11) is 4.24. The lowest BCUT2D eigenvalue weighted by Crippen LogP contribution is -2.06. The van der Waals surface area contributed by atoms with Gasteiger partial charge in [0.25, 0.3) is 0 Å². The van der Waals surface area contributed by atoms with Gasteiger partial charge in [0, 0.05) is 21.5 Å². The number of methoxy groups -OCH3 is 3. The highest BCUT2D eigenvalue weighted by Crippen LogP contribution is 2.43. The topological polar surface area (TPSA) is 93.4 Å². The summed E-state index contributed by atoms with van der Waals surface area (Å²) in [6.45, 7) is 0.0705. The quantitative estimate of drug-likeness (QED) is 0.288. The van der Waals surface area contributed by atoms with E-state index >= 15 is 0 Å². The van der Waals surface area contributed by atoms with E-state index in [1.165, 1.54) is 21.3 Å². The van der Waals surface area contributed by atoms with Gasteiger partial charge >= 0.3 is 11.6 Å². The van der Waals surface area contributed by atoms with Crippen molar-refractivity contribution in [2.75, 3.05) is 28.1 Å². The van der Waals surface area contributed by atoms with Crippen molar-refractivity contribution in [3.63, 3.8) is 0 Å². The molecule has 4 aromatic rings. The number of hydrogen-bond acceptors (Lipinski definition) is 8. The van der Waals surface area contributed by atoms with Crippen molar-refractivity contribution in [3.8, 4) is 23.0 Å². The monoisotopic (exact) mass is 408 g/mol. The molecule has 0 saturated carbocycles. The van der Waals surface area contributed by atoms with Crippen LogP contribution in [0.25, 0.3) is 32.5 Å². The second kappa shape index (κ2) is 6.55. The van der Waals surface area contributed by atoms with E-state index in [2.05, 4.69) is 0 Å². The Morgan fingerprint density at radius 3 is 2.27 bits per heavy atom. The molecule has 30 heavy (non-hydrogen) atoms. The first kappa shape index (κ1) is 18.1. The number of rotatable bonds is 3. The normalized spacial score (nSPS) is 12.5. The van der Waals surface area contributed by atoms with Crippen molar-refractivity contribution in [2.45, 2.75) is 0 Å². The summed E-state index contributed by atoms with van der Waals surface area (Å²) in [4.78, 5) is 25.5. The number of benzene rings is 3. The molecule has 152 valence electrons. The third kappa shape index (κ3) is 2.40. The van der Waals surface area contributed by atoms with E-state index in [0.717, 1.165) is 0 Å². The number of esters is 1. The molecule has 2 heterocycles. The van der Waals surface area contributed by atoms with Crippen LogP contribution in [-0.2, 0) is 4.74 Å². The van der Waals surface area contributed by atoms with Crippen LogP contribution in [0.1, 0.15) is 10.4 Å². The van der Waals surface area contributed by atoms with Crippen molar-refractivity contribution < 1.29 is 32.9 Å². The van der Waals surface area contributed by atoms with E-state index < -0.39 is 11.6 Å². The van der Waals surface area contributed by atoms with E-state index in [-0.39, 0.29) is 17.9 Å². The molecule has 0 radical (unpaired) electrons. The molecule has 3 aromatic carbocycles. The van der Waals surface area contributed by atoms with Gasteiger partial charge in [0.15, 0.2) is 23.0 Å². The highest BCUT2D eigenvalue weighted by molar-refractivity contribution is 6.20. The molecule has 1 aliphatic rings. The van der Waals surface area contributed by atoms with Gasteiger partial charge in [0.1, 0.15) is 11.0 Å². The van der Waals surface area contributed by atoms with Gasteiger partial charge in [-0.3, -0.25) is 0 Å². The zero-order valence-corrected chi connectivity index (χ0v) is 16.4. The first-order valence-corrected chi connectivity index (χ1v) is 9.03. The maximum Gasteiger partial charge on any atom is 0.348 e. The van der Waals surface area contributed by atoms with Crippen LogP contribution >= 0.6 is 0 Å². The second-order valence-corrected chi connectivity index (χ2v) is 6.66. The first-order valence-electron chi connectivity index (χ1n) is 9.03. The minimum Gasteiger partial charge on any atom is -0.493 e. The lowest BCUT2D eigenvalue weighted by molar-refractivity contribution is 0.0603. The summed E-state index contributed by atoms with van der Waals surface area (Å²) in [5, 5.41) is 2.40. The standard InChI is InChI=1S/C22H16O8/c1-25-15-5-4-10-12-6-14(21(23)27-3)11-7-16-17(29-9-28-16)8-13(11)19(12)30-22(24)18(10)20(15)26-2/h4-8H,9H2,1-3H3. The number of hydrogen-bond donors (Lipinski definition) is 0. The molecule has 0 amide bonds. The van der Waals surface area contributed by atoms with Gasteiger partial charge in [-0.2, -0.15) is 0 Å². The highest BCUT2D eigenvalue weighted by atomic mass is 16.7. The lowest BCUT2D eigenvalue weighted by atomic mass is 9.97. The van der Waals surface area contributed by atoms with Gasteiger partial charge in [0.2, 0.25) is 6.79 Å². The highest BCUT2D eigenvalue weighted by Gasteiger charge is 2.24. The van der Waals surface area contributed by atoms with Gasteiger partial charge < -0.3 is 28.1 Å². The Morgan fingerprint density at radius 1 is 0.900 bits per heavy atom. The van der Waals surface area contributed by atoms with E-state index in [0.29, 0.717) is 49.9 Å². The number of carbonyl (C=O) groups excluding carboxylic acids is 1. The fraction of sp³-hybridized carbons (Fsp3) is 0.182. The second-order valence-electron chi connectivity index (χ2n) is 6.66. The molecule has 0 saturated heterocycles. The molecule has 8 heteroatoms. The van der Waals surface area contributed by atoms with Crippen LogP contribution in [0.5, 0.6) is 23.0 Å². The molecular weight excluding hydrogens is 392 g/mol. The van der Waals surface area contributed by atoms with Gasteiger partial charge in [0.05, 0.1) is 26.9 Å². The van der Waals surface area contributed by atoms with Crippen LogP contribution in [-0.4, -0.2) is 34.1 Å². The Kier molecular flexibility index (Phi) is 3.95. The van der Waals surface area contributed by atoms with Crippen LogP contribution in [0.2, 0.25) is 0 Å². The molecular formula is C22H16O8. The fourth-order valence-corrected chi connectivity index (χ4v) is 3.87. The summed E-state index contributed by atoms with van der Waals surface area (Å²) in [6, 6.07) is 8.45. The van der Waals surface area contributed by atoms with Crippen molar-refractivity contribution in [2.24, 2.45) is 0 Å². The Labute approximate surface area is 169 Å². The molecule has 1 aromatic heterocycles. The first-order chi connectivity index (χ1) is 14.6. The van der Waals surface area contributed by atoms with Gasteiger partial charge in [-0.1, -0.05) is 0 Å². The summed E-state index contributed by atoms with van der Waals surface area (Å²) in [6.07, 6.45) is 0. The van der Waals surface area contributed by atoms with E-state index in [9.17, 15) is 9.59 Å². The third-order valence-electron chi connectivity index (χ3n) is 5.22. The van der Waals surface area contributed by atoms with Crippen LogP contribution < -0.4 is 24.6 Å². The average molecular weight is 408 g/mol. The van der Waals surface area contributed by atoms with E-state index in [1.54, 1.807) is 30.3 Å². The Balaban J connectivity index is 2.01. The van der Waals surface area contributed by atoms with Gasteiger partial charge in [-0.05, 0) is 30.3 Å². The van der Waals surface area contributed by atoms with Crippen LogP contribution in [0, 0.1) is 0 Å². The zero-order valence-electron chi connectivity index (χ0n) is 16.4. The van der Waals surface area contributed by atoms with E-state index in [1.807, 2.05) is 0 Å². The summed E-state index contributed by atoms with van der Waals surface area (Å²) < 4.78 is 32.3.